The van der Waals surface area contributed by atoms with Gasteiger partial charge in [0, 0.05) is 34.5 Å². The van der Waals surface area contributed by atoms with Crippen LogP contribution in [0.15, 0.2) is 68.4 Å². The Morgan fingerprint density at radius 1 is 1.19 bits per heavy atom. The molecule has 2 aromatic carbocycles. The lowest BCUT2D eigenvalue weighted by Crippen LogP contribution is -2.11. The number of fused-ring (bicyclic) bond motifs is 1. The Labute approximate surface area is 152 Å². The fourth-order valence-electron chi connectivity index (χ4n) is 3.02. The van der Waals surface area contributed by atoms with Crippen LogP contribution in [0, 0.1) is 11.8 Å². The zero-order valence-corrected chi connectivity index (χ0v) is 14.7. The number of aryl methyl sites for hydroxylation is 1. The largest absolute Gasteiger partial charge is 0.422 e. The van der Waals surface area contributed by atoms with E-state index in [1.54, 1.807) is 24.4 Å². The second-order valence-corrected chi connectivity index (χ2v) is 6.87. The molecule has 0 unspecified atom stereocenters. The summed E-state index contributed by atoms with van der Waals surface area (Å²) < 4.78 is 5.58. The first-order chi connectivity index (χ1) is 12.7. The molecule has 0 aliphatic heterocycles. The van der Waals surface area contributed by atoms with Gasteiger partial charge in [-0.1, -0.05) is 24.3 Å². The second-order valence-electron chi connectivity index (χ2n) is 5.98. The lowest BCUT2D eigenvalue weighted by molar-refractivity contribution is 0.551. The maximum absolute atomic E-state index is 12.5. The Hall–Kier alpha value is -3.12. The number of nitrogens with zero attached hydrogens (tertiary/aromatic N) is 2. The van der Waals surface area contributed by atoms with Crippen LogP contribution in [0.2, 0.25) is 0 Å². The smallest absolute Gasteiger partial charge is 0.340 e. The predicted molar refractivity (Wildman–Crippen MR) is 103 cm³/mol. The molecular weight excluding hydrogens is 348 g/mol. The second kappa shape index (κ2) is 6.65. The maximum atomic E-state index is 12.5. The number of hydrogen-bond donors (Lipinski definition) is 0. The van der Waals surface area contributed by atoms with Gasteiger partial charge in [0.15, 0.2) is 0 Å². The molecule has 0 saturated carbocycles. The molecule has 6 heteroatoms. The molecular formula is C20H14N2O3S. The van der Waals surface area contributed by atoms with Crippen molar-refractivity contribution in [1.29, 1.82) is 0 Å². The van der Waals surface area contributed by atoms with Gasteiger partial charge in [-0.05, 0) is 41.4 Å². The normalized spacial score (nSPS) is 11.0. The summed E-state index contributed by atoms with van der Waals surface area (Å²) in [5.74, 6) is 0. The van der Waals surface area contributed by atoms with Gasteiger partial charge in [0.25, 0.3) is 0 Å². The standard InChI is InChI=1S/C20H14N2O3S/c1-12-16-6-5-14(19-21-7-8-26-19)11-18(16)25-20(23)17(12)10-13-3-2-4-15(9-13)22-24/h2-9,11H,10H2,1H3. The van der Waals surface area contributed by atoms with Gasteiger partial charge >= 0.3 is 5.63 Å². The summed E-state index contributed by atoms with van der Waals surface area (Å²) in [5, 5.41) is 6.63. The van der Waals surface area contributed by atoms with E-state index in [1.165, 1.54) is 11.3 Å². The molecule has 0 atom stereocenters. The van der Waals surface area contributed by atoms with Gasteiger partial charge in [0.1, 0.15) is 16.3 Å². The number of rotatable bonds is 4. The average molecular weight is 362 g/mol. The van der Waals surface area contributed by atoms with Gasteiger partial charge in [0.2, 0.25) is 0 Å². The van der Waals surface area contributed by atoms with Crippen LogP contribution < -0.4 is 5.63 Å². The molecule has 2 aromatic heterocycles. The molecule has 2 heterocycles. The van der Waals surface area contributed by atoms with Crippen molar-refractivity contribution in [3.05, 3.63) is 86.1 Å². The summed E-state index contributed by atoms with van der Waals surface area (Å²) in [6.45, 7) is 1.92. The van der Waals surface area contributed by atoms with E-state index in [9.17, 15) is 9.70 Å². The van der Waals surface area contributed by atoms with E-state index in [4.69, 9.17) is 4.42 Å². The molecule has 0 saturated heterocycles. The first-order valence-electron chi connectivity index (χ1n) is 8.04. The monoisotopic (exact) mass is 362 g/mol. The zero-order valence-electron chi connectivity index (χ0n) is 13.9. The molecule has 0 amide bonds. The molecule has 4 aromatic rings. The Balaban J connectivity index is 1.80. The minimum atomic E-state index is -0.365. The first-order valence-corrected chi connectivity index (χ1v) is 8.92. The molecule has 0 fully saturated rings. The van der Waals surface area contributed by atoms with Crippen LogP contribution in [0.25, 0.3) is 21.5 Å². The van der Waals surface area contributed by atoms with Crippen molar-refractivity contribution < 1.29 is 4.42 Å². The van der Waals surface area contributed by atoms with Crippen molar-refractivity contribution in [2.45, 2.75) is 13.3 Å². The van der Waals surface area contributed by atoms with Crippen molar-refractivity contribution in [3.8, 4) is 10.6 Å². The number of thiazole rings is 1. The van der Waals surface area contributed by atoms with Crippen molar-refractivity contribution >= 4 is 28.0 Å². The van der Waals surface area contributed by atoms with Crippen LogP contribution in [0.3, 0.4) is 0 Å². The average Bonchev–Trinajstić information content (AvgIpc) is 3.19. The third-order valence-corrected chi connectivity index (χ3v) is 5.19. The molecule has 0 aliphatic carbocycles. The zero-order chi connectivity index (χ0) is 18.1. The van der Waals surface area contributed by atoms with Crippen LogP contribution in [0.5, 0.6) is 0 Å². The molecule has 4 rings (SSSR count). The quantitative estimate of drug-likeness (QED) is 0.369. The highest BCUT2D eigenvalue weighted by Gasteiger charge is 2.13. The highest BCUT2D eigenvalue weighted by atomic mass is 32.1. The molecule has 128 valence electrons. The van der Waals surface area contributed by atoms with Crippen molar-refractivity contribution in [2.24, 2.45) is 5.18 Å². The van der Waals surface area contributed by atoms with Crippen LogP contribution in [0.1, 0.15) is 16.7 Å². The molecule has 5 nitrogen and oxygen atoms in total. The molecule has 0 aliphatic rings. The molecule has 0 radical (unpaired) electrons. The molecule has 0 bridgehead atoms. The summed E-state index contributed by atoms with van der Waals surface area (Å²) >= 11 is 1.54. The number of hydrogen-bond acceptors (Lipinski definition) is 6. The van der Waals surface area contributed by atoms with E-state index < -0.39 is 0 Å². The predicted octanol–water partition coefficient (Wildman–Crippen LogP) is 5.21. The van der Waals surface area contributed by atoms with E-state index in [0.29, 0.717) is 23.3 Å². The highest BCUT2D eigenvalue weighted by molar-refractivity contribution is 7.13. The third-order valence-electron chi connectivity index (χ3n) is 4.36. The van der Waals surface area contributed by atoms with E-state index in [1.807, 2.05) is 36.6 Å². The third kappa shape index (κ3) is 2.95. The molecule has 0 spiro atoms. The first kappa shape index (κ1) is 16.4. The van der Waals surface area contributed by atoms with E-state index in [2.05, 4.69) is 10.2 Å². The summed E-state index contributed by atoms with van der Waals surface area (Å²) in [7, 11) is 0. The number of nitroso groups, excluding NO2 is 1. The van der Waals surface area contributed by atoms with Gasteiger partial charge in [-0.3, -0.25) is 0 Å². The fraction of sp³-hybridized carbons (Fsp3) is 0.100. The Bertz CT molecular complexity index is 1160. The summed E-state index contributed by atoms with van der Waals surface area (Å²) in [4.78, 5) is 27.6. The fourth-order valence-corrected chi connectivity index (χ4v) is 3.66. The van der Waals surface area contributed by atoms with Crippen molar-refractivity contribution in [3.63, 3.8) is 0 Å². The van der Waals surface area contributed by atoms with Crippen LogP contribution in [0.4, 0.5) is 5.69 Å². The maximum Gasteiger partial charge on any atom is 0.340 e. The molecule has 26 heavy (non-hydrogen) atoms. The van der Waals surface area contributed by atoms with Gasteiger partial charge in [0.05, 0.1) is 0 Å². The van der Waals surface area contributed by atoms with E-state index in [0.717, 1.165) is 27.1 Å². The number of benzene rings is 2. The minimum Gasteiger partial charge on any atom is -0.422 e. The highest BCUT2D eigenvalue weighted by Crippen LogP contribution is 2.28. The Kier molecular flexibility index (Phi) is 4.18. The van der Waals surface area contributed by atoms with Crippen LogP contribution in [-0.2, 0) is 6.42 Å². The lowest BCUT2D eigenvalue weighted by Gasteiger charge is -2.09. The van der Waals surface area contributed by atoms with Crippen molar-refractivity contribution in [1.82, 2.24) is 4.98 Å². The van der Waals surface area contributed by atoms with E-state index >= 15 is 0 Å². The summed E-state index contributed by atoms with van der Waals surface area (Å²) in [5.41, 5.74) is 3.76. The lowest BCUT2D eigenvalue weighted by atomic mass is 9.99. The van der Waals surface area contributed by atoms with Crippen LogP contribution in [-0.4, -0.2) is 4.98 Å². The Morgan fingerprint density at radius 2 is 2.08 bits per heavy atom. The molecule has 0 N–H and O–H groups in total. The SMILES string of the molecule is Cc1c(Cc2cccc(N=O)c2)c(=O)oc2cc(-c3nccs3)ccc12. The van der Waals surface area contributed by atoms with E-state index in [-0.39, 0.29) is 5.63 Å². The topological polar surface area (TPSA) is 72.5 Å². The van der Waals surface area contributed by atoms with Gasteiger partial charge in [-0.2, -0.15) is 0 Å². The van der Waals surface area contributed by atoms with Crippen LogP contribution >= 0.6 is 11.3 Å². The summed E-state index contributed by atoms with van der Waals surface area (Å²) in [6.07, 6.45) is 2.14. The summed E-state index contributed by atoms with van der Waals surface area (Å²) in [6, 6.07) is 12.7. The Morgan fingerprint density at radius 3 is 2.85 bits per heavy atom. The number of aromatic nitrogens is 1. The van der Waals surface area contributed by atoms with Gasteiger partial charge < -0.3 is 4.42 Å². The van der Waals surface area contributed by atoms with Crippen molar-refractivity contribution in [2.75, 3.05) is 0 Å². The van der Waals surface area contributed by atoms with Gasteiger partial charge in [-0.15, -0.1) is 16.2 Å². The minimum absolute atomic E-state index is 0.346. The van der Waals surface area contributed by atoms with Gasteiger partial charge in [-0.25, -0.2) is 9.78 Å².